The normalized spacial score (nSPS) is 10.9. The van der Waals surface area contributed by atoms with E-state index in [1.807, 2.05) is 25.1 Å². The van der Waals surface area contributed by atoms with E-state index in [4.69, 9.17) is 0 Å². The molecule has 0 atom stereocenters. The number of benzene rings is 1. The quantitative estimate of drug-likeness (QED) is 0.826. The van der Waals surface area contributed by atoms with E-state index >= 15 is 0 Å². The second kappa shape index (κ2) is 5.71. The molecular formula is C15H19N3. The Morgan fingerprint density at radius 1 is 0.944 bits per heavy atom. The van der Waals surface area contributed by atoms with E-state index in [1.165, 1.54) is 5.56 Å². The van der Waals surface area contributed by atoms with Crippen LogP contribution in [0, 0.1) is 12.8 Å². The Kier molecular flexibility index (Phi) is 4.03. The van der Waals surface area contributed by atoms with Crippen molar-refractivity contribution in [2.45, 2.75) is 33.6 Å². The van der Waals surface area contributed by atoms with Gasteiger partial charge in [-0.2, -0.15) is 0 Å². The molecule has 1 aromatic carbocycles. The van der Waals surface area contributed by atoms with Crippen LogP contribution >= 0.6 is 0 Å². The first-order valence-corrected chi connectivity index (χ1v) is 6.38. The number of aromatic nitrogens is 3. The standard InChI is InChI=1S/C15H19N3/c1-11(2)9-14-16-12(3)17-15(18-14)10-13-7-5-4-6-8-13/h4-8,11H,9-10H2,1-3H3. The van der Waals surface area contributed by atoms with E-state index in [-0.39, 0.29) is 0 Å². The van der Waals surface area contributed by atoms with Crippen molar-refractivity contribution in [1.82, 2.24) is 15.0 Å². The predicted molar refractivity (Wildman–Crippen MR) is 72.4 cm³/mol. The van der Waals surface area contributed by atoms with Crippen molar-refractivity contribution in [2.75, 3.05) is 0 Å². The third kappa shape index (κ3) is 3.62. The van der Waals surface area contributed by atoms with Gasteiger partial charge in [-0.3, -0.25) is 0 Å². The highest BCUT2D eigenvalue weighted by Gasteiger charge is 2.06. The summed E-state index contributed by atoms with van der Waals surface area (Å²) in [6, 6.07) is 10.3. The smallest absolute Gasteiger partial charge is 0.136 e. The lowest BCUT2D eigenvalue weighted by Gasteiger charge is -2.07. The van der Waals surface area contributed by atoms with Gasteiger partial charge in [-0.05, 0) is 18.4 Å². The van der Waals surface area contributed by atoms with Crippen molar-refractivity contribution in [3.05, 3.63) is 53.4 Å². The van der Waals surface area contributed by atoms with Crippen molar-refractivity contribution in [3.63, 3.8) is 0 Å². The first kappa shape index (κ1) is 12.7. The first-order valence-electron chi connectivity index (χ1n) is 6.38. The van der Waals surface area contributed by atoms with Crippen LogP contribution in [0.15, 0.2) is 30.3 Å². The highest BCUT2D eigenvalue weighted by Crippen LogP contribution is 2.08. The van der Waals surface area contributed by atoms with E-state index in [2.05, 4.69) is 40.9 Å². The fraction of sp³-hybridized carbons (Fsp3) is 0.400. The lowest BCUT2D eigenvalue weighted by atomic mass is 10.1. The fourth-order valence-corrected chi connectivity index (χ4v) is 1.91. The number of hydrogen-bond donors (Lipinski definition) is 0. The average molecular weight is 241 g/mol. The molecule has 0 aliphatic rings. The molecule has 1 heterocycles. The number of nitrogens with zero attached hydrogens (tertiary/aromatic N) is 3. The Hall–Kier alpha value is -1.77. The molecule has 0 bridgehead atoms. The van der Waals surface area contributed by atoms with E-state index in [9.17, 15) is 0 Å². The molecule has 1 aromatic heterocycles. The molecule has 0 aliphatic heterocycles. The van der Waals surface area contributed by atoms with Crippen molar-refractivity contribution in [1.29, 1.82) is 0 Å². The van der Waals surface area contributed by atoms with Gasteiger partial charge in [0, 0.05) is 12.8 Å². The van der Waals surface area contributed by atoms with Crippen molar-refractivity contribution in [3.8, 4) is 0 Å². The summed E-state index contributed by atoms with van der Waals surface area (Å²) in [7, 11) is 0. The molecule has 0 fully saturated rings. The summed E-state index contributed by atoms with van der Waals surface area (Å²) in [6.07, 6.45) is 1.68. The summed E-state index contributed by atoms with van der Waals surface area (Å²) in [5.41, 5.74) is 1.23. The lowest BCUT2D eigenvalue weighted by molar-refractivity contribution is 0.610. The molecule has 3 heteroatoms. The average Bonchev–Trinajstić information content (AvgIpc) is 2.28. The van der Waals surface area contributed by atoms with Crippen molar-refractivity contribution < 1.29 is 0 Å². The minimum atomic E-state index is 0.566. The van der Waals surface area contributed by atoms with Gasteiger partial charge in [-0.1, -0.05) is 44.2 Å². The zero-order chi connectivity index (χ0) is 13.0. The summed E-state index contributed by atoms with van der Waals surface area (Å²) in [6.45, 7) is 6.28. The Bertz CT molecular complexity index is 506. The highest BCUT2D eigenvalue weighted by atomic mass is 15.0. The number of rotatable bonds is 4. The summed E-state index contributed by atoms with van der Waals surface area (Å²) < 4.78 is 0. The van der Waals surface area contributed by atoms with Gasteiger partial charge in [0.25, 0.3) is 0 Å². The van der Waals surface area contributed by atoms with Gasteiger partial charge in [0.05, 0.1) is 0 Å². The van der Waals surface area contributed by atoms with Gasteiger partial charge in [0.15, 0.2) is 0 Å². The molecule has 0 radical (unpaired) electrons. The summed E-state index contributed by atoms with van der Waals surface area (Å²) in [5, 5.41) is 0. The Labute approximate surface area is 108 Å². The maximum Gasteiger partial charge on any atom is 0.136 e. The van der Waals surface area contributed by atoms with Gasteiger partial charge < -0.3 is 0 Å². The SMILES string of the molecule is Cc1nc(Cc2ccccc2)nc(CC(C)C)n1. The molecule has 0 aliphatic carbocycles. The Morgan fingerprint density at radius 3 is 2.28 bits per heavy atom. The third-order valence-electron chi connectivity index (χ3n) is 2.64. The van der Waals surface area contributed by atoms with E-state index in [0.29, 0.717) is 5.92 Å². The molecule has 0 saturated heterocycles. The largest absolute Gasteiger partial charge is 0.218 e. The molecule has 2 aromatic rings. The molecule has 0 saturated carbocycles. The molecule has 94 valence electrons. The van der Waals surface area contributed by atoms with Crippen LogP contribution in [0.4, 0.5) is 0 Å². The lowest BCUT2D eigenvalue weighted by Crippen LogP contribution is -2.08. The highest BCUT2D eigenvalue weighted by molar-refractivity contribution is 5.19. The maximum absolute atomic E-state index is 4.55. The number of hydrogen-bond acceptors (Lipinski definition) is 3. The second-order valence-electron chi connectivity index (χ2n) is 4.98. The molecule has 3 nitrogen and oxygen atoms in total. The molecule has 0 spiro atoms. The summed E-state index contributed by atoms with van der Waals surface area (Å²) in [5.74, 6) is 3.15. The third-order valence-corrected chi connectivity index (χ3v) is 2.64. The van der Waals surface area contributed by atoms with Gasteiger partial charge in [0.1, 0.15) is 17.5 Å². The van der Waals surface area contributed by atoms with Crippen LogP contribution in [0.1, 0.15) is 36.9 Å². The van der Waals surface area contributed by atoms with Crippen LogP contribution in [-0.4, -0.2) is 15.0 Å². The van der Waals surface area contributed by atoms with E-state index < -0.39 is 0 Å². The maximum atomic E-state index is 4.55. The molecule has 2 rings (SSSR count). The topological polar surface area (TPSA) is 38.7 Å². The first-order chi connectivity index (χ1) is 8.63. The minimum Gasteiger partial charge on any atom is -0.218 e. The fourth-order valence-electron chi connectivity index (χ4n) is 1.91. The van der Waals surface area contributed by atoms with Crippen LogP contribution in [0.3, 0.4) is 0 Å². The predicted octanol–water partition coefficient (Wildman–Crippen LogP) is 2.97. The van der Waals surface area contributed by atoms with Crippen LogP contribution in [0.2, 0.25) is 0 Å². The van der Waals surface area contributed by atoms with Gasteiger partial charge in [0.2, 0.25) is 0 Å². The van der Waals surface area contributed by atoms with Crippen LogP contribution in [0.5, 0.6) is 0 Å². The van der Waals surface area contributed by atoms with Crippen molar-refractivity contribution in [2.24, 2.45) is 5.92 Å². The molecule has 0 N–H and O–H groups in total. The second-order valence-corrected chi connectivity index (χ2v) is 4.98. The summed E-state index contributed by atoms with van der Waals surface area (Å²) >= 11 is 0. The zero-order valence-corrected chi connectivity index (χ0v) is 11.2. The van der Waals surface area contributed by atoms with Crippen LogP contribution < -0.4 is 0 Å². The van der Waals surface area contributed by atoms with Gasteiger partial charge in [-0.15, -0.1) is 0 Å². The molecule has 18 heavy (non-hydrogen) atoms. The van der Waals surface area contributed by atoms with E-state index in [1.54, 1.807) is 0 Å². The number of aryl methyl sites for hydroxylation is 1. The zero-order valence-electron chi connectivity index (χ0n) is 11.2. The monoisotopic (exact) mass is 241 g/mol. The van der Waals surface area contributed by atoms with Gasteiger partial charge >= 0.3 is 0 Å². The summed E-state index contributed by atoms with van der Waals surface area (Å²) in [4.78, 5) is 13.4. The minimum absolute atomic E-state index is 0.566. The Morgan fingerprint density at radius 2 is 1.61 bits per heavy atom. The van der Waals surface area contributed by atoms with Gasteiger partial charge in [-0.25, -0.2) is 15.0 Å². The van der Waals surface area contributed by atoms with E-state index in [0.717, 1.165) is 30.3 Å². The molecular weight excluding hydrogens is 222 g/mol. The van der Waals surface area contributed by atoms with Crippen LogP contribution in [-0.2, 0) is 12.8 Å². The molecule has 0 unspecified atom stereocenters. The van der Waals surface area contributed by atoms with Crippen molar-refractivity contribution >= 4 is 0 Å². The van der Waals surface area contributed by atoms with Crippen LogP contribution in [0.25, 0.3) is 0 Å². The molecule has 0 amide bonds. The Balaban J connectivity index is 2.20.